The SMILES string of the molecule is CC[C@@H](C(=O)N1CC=CC[C@@H]1c1cccnc1)N1C(=O)c2ccccc2C1=O. The van der Waals surface area contributed by atoms with Crippen LogP contribution in [0.5, 0.6) is 0 Å². The van der Waals surface area contributed by atoms with Crippen LogP contribution < -0.4 is 0 Å². The molecule has 1 aromatic heterocycles. The largest absolute Gasteiger partial charge is 0.330 e. The van der Waals surface area contributed by atoms with Gasteiger partial charge in [-0.05, 0) is 36.6 Å². The number of benzene rings is 1. The molecule has 1 aromatic carbocycles. The zero-order valence-electron chi connectivity index (χ0n) is 15.6. The van der Waals surface area contributed by atoms with Gasteiger partial charge in [-0.25, -0.2) is 0 Å². The molecule has 4 rings (SSSR count). The second-order valence-corrected chi connectivity index (χ2v) is 6.95. The Morgan fingerprint density at radius 1 is 1.11 bits per heavy atom. The highest BCUT2D eigenvalue weighted by Crippen LogP contribution is 2.31. The van der Waals surface area contributed by atoms with Crippen molar-refractivity contribution in [3.8, 4) is 0 Å². The predicted molar refractivity (Wildman–Crippen MR) is 103 cm³/mol. The van der Waals surface area contributed by atoms with Crippen molar-refractivity contribution >= 4 is 17.7 Å². The minimum Gasteiger partial charge on any atom is -0.330 e. The summed E-state index contributed by atoms with van der Waals surface area (Å²) in [4.78, 5) is 46.2. The Labute approximate surface area is 163 Å². The first-order chi connectivity index (χ1) is 13.6. The quantitative estimate of drug-likeness (QED) is 0.608. The Hall–Kier alpha value is -3.28. The molecule has 3 heterocycles. The summed E-state index contributed by atoms with van der Waals surface area (Å²) in [5.41, 5.74) is 1.67. The van der Waals surface area contributed by atoms with Crippen LogP contribution in [-0.2, 0) is 4.79 Å². The molecule has 0 spiro atoms. The van der Waals surface area contributed by atoms with Crippen LogP contribution in [0.4, 0.5) is 0 Å². The van der Waals surface area contributed by atoms with Gasteiger partial charge in [-0.2, -0.15) is 0 Å². The third-order valence-electron chi connectivity index (χ3n) is 5.37. The Bertz CT molecular complexity index is 920. The van der Waals surface area contributed by atoms with Gasteiger partial charge in [0.1, 0.15) is 6.04 Å². The normalized spacial score (nSPS) is 19.7. The summed E-state index contributed by atoms with van der Waals surface area (Å²) in [6, 6.07) is 9.53. The van der Waals surface area contributed by atoms with Crippen molar-refractivity contribution < 1.29 is 14.4 Å². The van der Waals surface area contributed by atoms with Crippen molar-refractivity contribution in [1.82, 2.24) is 14.8 Å². The van der Waals surface area contributed by atoms with Crippen LogP contribution >= 0.6 is 0 Å². The van der Waals surface area contributed by atoms with Crippen molar-refractivity contribution in [2.45, 2.75) is 31.8 Å². The number of aromatic nitrogens is 1. The summed E-state index contributed by atoms with van der Waals surface area (Å²) < 4.78 is 0. The average molecular weight is 375 g/mol. The van der Waals surface area contributed by atoms with Gasteiger partial charge in [0.25, 0.3) is 11.8 Å². The van der Waals surface area contributed by atoms with Gasteiger partial charge in [0.05, 0.1) is 17.2 Å². The van der Waals surface area contributed by atoms with E-state index in [1.165, 1.54) is 0 Å². The van der Waals surface area contributed by atoms with E-state index < -0.39 is 17.9 Å². The van der Waals surface area contributed by atoms with Crippen LogP contribution in [0.15, 0.2) is 60.9 Å². The van der Waals surface area contributed by atoms with Crippen molar-refractivity contribution in [2.75, 3.05) is 6.54 Å². The smallest absolute Gasteiger partial charge is 0.262 e. The highest BCUT2D eigenvalue weighted by molar-refractivity contribution is 6.22. The Morgan fingerprint density at radius 3 is 2.43 bits per heavy atom. The molecular formula is C22H21N3O3. The number of hydrogen-bond acceptors (Lipinski definition) is 4. The highest BCUT2D eigenvalue weighted by atomic mass is 16.2. The molecule has 0 fully saturated rings. The first-order valence-electron chi connectivity index (χ1n) is 9.45. The van der Waals surface area contributed by atoms with E-state index in [1.807, 2.05) is 31.2 Å². The van der Waals surface area contributed by atoms with E-state index in [4.69, 9.17) is 0 Å². The molecule has 6 nitrogen and oxygen atoms in total. The topological polar surface area (TPSA) is 70.6 Å². The first kappa shape index (κ1) is 18.1. The molecule has 0 aliphatic carbocycles. The molecule has 0 saturated heterocycles. The number of carbonyl (C=O) groups is 3. The van der Waals surface area contributed by atoms with Crippen LogP contribution in [0.3, 0.4) is 0 Å². The molecule has 0 unspecified atom stereocenters. The molecule has 6 heteroatoms. The molecule has 0 radical (unpaired) electrons. The molecule has 28 heavy (non-hydrogen) atoms. The number of fused-ring (bicyclic) bond motifs is 1. The monoisotopic (exact) mass is 375 g/mol. The van der Waals surface area contributed by atoms with Gasteiger partial charge in [-0.3, -0.25) is 24.3 Å². The van der Waals surface area contributed by atoms with Crippen molar-refractivity contribution in [3.05, 3.63) is 77.6 Å². The molecule has 2 aliphatic rings. The number of nitrogens with zero attached hydrogens (tertiary/aromatic N) is 3. The van der Waals surface area contributed by atoms with Gasteiger partial charge >= 0.3 is 0 Å². The lowest BCUT2D eigenvalue weighted by Crippen LogP contribution is -2.52. The zero-order valence-corrected chi connectivity index (χ0v) is 15.6. The Balaban J connectivity index is 1.65. The number of pyridine rings is 1. The molecule has 0 bridgehead atoms. The Morgan fingerprint density at radius 2 is 1.82 bits per heavy atom. The van der Waals surface area contributed by atoms with E-state index in [0.717, 1.165) is 10.5 Å². The maximum Gasteiger partial charge on any atom is 0.262 e. The van der Waals surface area contributed by atoms with Crippen LogP contribution in [0.25, 0.3) is 0 Å². The van der Waals surface area contributed by atoms with E-state index in [2.05, 4.69) is 4.98 Å². The second kappa shape index (κ2) is 7.38. The lowest BCUT2D eigenvalue weighted by molar-refractivity contribution is -0.137. The van der Waals surface area contributed by atoms with Crippen LogP contribution in [0.1, 0.15) is 52.1 Å². The molecule has 0 saturated carbocycles. The van der Waals surface area contributed by atoms with Gasteiger partial charge in [-0.15, -0.1) is 0 Å². The summed E-state index contributed by atoms with van der Waals surface area (Å²) in [5.74, 6) is -1.01. The van der Waals surface area contributed by atoms with Crippen LogP contribution in [0, 0.1) is 0 Å². The standard InChI is InChI=1S/C22H21N3O3/c1-2-18(25-20(26)16-9-3-4-10-17(16)21(25)27)22(28)24-13-6-5-11-19(24)15-8-7-12-23-14-15/h3-10,12,14,18-19H,2,11,13H2,1H3/t18-,19+/m0/s1. The molecule has 0 N–H and O–H groups in total. The number of carbonyl (C=O) groups excluding carboxylic acids is 3. The summed E-state index contributed by atoms with van der Waals surface area (Å²) in [6.45, 7) is 2.27. The fourth-order valence-corrected chi connectivity index (χ4v) is 3.95. The Kier molecular flexibility index (Phi) is 4.77. The minimum absolute atomic E-state index is 0.157. The fraction of sp³-hybridized carbons (Fsp3) is 0.273. The molecule has 2 atom stereocenters. The van der Waals surface area contributed by atoms with Crippen molar-refractivity contribution in [3.63, 3.8) is 0 Å². The lowest BCUT2D eigenvalue weighted by Gasteiger charge is -2.37. The fourth-order valence-electron chi connectivity index (χ4n) is 3.95. The first-order valence-corrected chi connectivity index (χ1v) is 9.45. The number of amides is 3. The summed E-state index contributed by atoms with van der Waals surface area (Å²) in [5, 5.41) is 0. The summed E-state index contributed by atoms with van der Waals surface area (Å²) >= 11 is 0. The van der Waals surface area contributed by atoms with Gasteiger partial charge in [-0.1, -0.05) is 37.3 Å². The number of imide groups is 1. The third kappa shape index (κ3) is 2.91. The summed E-state index contributed by atoms with van der Waals surface area (Å²) in [7, 11) is 0. The lowest BCUT2D eigenvalue weighted by atomic mass is 9.99. The van der Waals surface area contributed by atoms with Crippen LogP contribution in [-0.4, -0.2) is 45.1 Å². The maximum atomic E-state index is 13.5. The molecule has 2 aromatic rings. The van der Waals surface area contributed by atoms with Gasteiger partial charge in [0.2, 0.25) is 5.91 Å². The number of hydrogen-bond donors (Lipinski definition) is 0. The van der Waals surface area contributed by atoms with E-state index in [-0.39, 0.29) is 11.9 Å². The second-order valence-electron chi connectivity index (χ2n) is 6.95. The third-order valence-corrected chi connectivity index (χ3v) is 5.37. The molecular weight excluding hydrogens is 354 g/mol. The molecule has 2 aliphatic heterocycles. The molecule has 3 amide bonds. The summed E-state index contributed by atoms with van der Waals surface area (Å²) in [6.07, 6.45) is 8.49. The van der Waals surface area contributed by atoms with Gasteiger partial charge < -0.3 is 4.90 Å². The zero-order chi connectivity index (χ0) is 19.7. The van der Waals surface area contributed by atoms with Crippen molar-refractivity contribution in [1.29, 1.82) is 0 Å². The van der Waals surface area contributed by atoms with E-state index in [9.17, 15) is 14.4 Å². The molecule has 142 valence electrons. The van der Waals surface area contributed by atoms with E-state index >= 15 is 0 Å². The van der Waals surface area contributed by atoms with Gasteiger partial charge in [0, 0.05) is 18.9 Å². The minimum atomic E-state index is -0.821. The van der Waals surface area contributed by atoms with Gasteiger partial charge in [0.15, 0.2) is 0 Å². The average Bonchev–Trinajstić information content (AvgIpc) is 3.00. The van der Waals surface area contributed by atoms with Crippen LogP contribution in [0.2, 0.25) is 0 Å². The van der Waals surface area contributed by atoms with E-state index in [0.29, 0.717) is 30.5 Å². The predicted octanol–water partition coefficient (Wildman–Crippen LogP) is 2.99. The van der Waals surface area contributed by atoms with E-state index in [1.54, 1.807) is 41.6 Å². The highest BCUT2D eigenvalue weighted by Gasteiger charge is 2.44. The maximum absolute atomic E-state index is 13.5. The van der Waals surface area contributed by atoms with Crippen molar-refractivity contribution in [2.24, 2.45) is 0 Å². The number of rotatable bonds is 4.